The van der Waals surface area contributed by atoms with E-state index in [2.05, 4.69) is 21.2 Å². The molecule has 0 unspecified atom stereocenters. The molecular weight excluding hydrogens is 306 g/mol. The van der Waals surface area contributed by atoms with Crippen LogP contribution in [0.1, 0.15) is 17.3 Å². The van der Waals surface area contributed by atoms with Crippen molar-refractivity contribution in [2.24, 2.45) is 0 Å². The smallest absolute Gasteiger partial charge is 0.260 e. The van der Waals surface area contributed by atoms with E-state index in [1.165, 1.54) is 4.90 Å². The molecule has 98 valence electrons. The van der Waals surface area contributed by atoms with Crippen molar-refractivity contribution in [2.45, 2.75) is 13.0 Å². The Bertz CT molecular complexity index is 458. The summed E-state index contributed by atoms with van der Waals surface area (Å²) in [4.78, 5) is 13.7. The number of rotatable bonds is 1. The lowest BCUT2D eigenvalue weighted by Crippen LogP contribution is -2.52. The fourth-order valence-corrected chi connectivity index (χ4v) is 2.43. The number of nitrogens with one attached hydrogen (secondary N) is 1. The summed E-state index contributed by atoms with van der Waals surface area (Å²) in [5.74, 6) is -2.26. The number of amides is 1. The van der Waals surface area contributed by atoms with Crippen molar-refractivity contribution in [1.82, 2.24) is 10.2 Å². The molecule has 0 aromatic heterocycles. The summed E-state index contributed by atoms with van der Waals surface area (Å²) >= 11 is 2.99. The van der Waals surface area contributed by atoms with E-state index < -0.39 is 23.1 Å². The molecule has 1 aromatic carbocycles. The molecule has 0 aliphatic carbocycles. The number of carbonyl (C=O) groups is 1. The first-order chi connectivity index (χ1) is 8.50. The van der Waals surface area contributed by atoms with Crippen molar-refractivity contribution in [3.63, 3.8) is 0 Å². The molecule has 0 spiro atoms. The van der Waals surface area contributed by atoms with Crippen LogP contribution in [0.2, 0.25) is 0 Å². The zero-order valence-corrected chi connectivity index (χ0v) is 11.4. The predicted molar refractivity (Wildman–Crippen MR) is 67.4 cm³/mol. The average Bonchev–Trinajstić information content (AvgIpc) is 2.27. The van der Waals surface area contributed by atoms with Gasteiger partial charge in [0.05, 0.1) is 0 Å². The molecule has 1 N–H and O–H groups in total. The molecule has 1 saturated heterocycles. The Kier molecular flexibility index (Phi) is 3.97. The van der Waals surface area contributed by atoms with Gasteiger partial charge in [-0.3, -0.25) is 4.79 Å². The number of carbonyl (C=O) groups excluding carboxylic acids is 1. The quantitative estimate of drug-likeness (QED) is 0.860. The topological polar surface area (TPSA) is 32.3 Å². The zero-order valence-electron chi connectivity index (χ0n) is 9.84. The molecule has 1 heterocycles. The van der Waals surface area contributed by atoms with Crippen LogP contribution in [0.15, 0.2) is 16.6 Å². The Morgan fingerprint density at radius 2 is 2.06 bits per heavy atom. The number of hydrogen-bond acceptors (Lipinski definition) is 2. The number of benzene rings is 1. The van der Waals surface area contributed by atoms with E-state index >= 15 is 0 Å². The van der Waals surface area contributed by atoms with E-state index in [4.69, 9.17) is 0 Å². The molecule has 1 aliphatic rings. The Labute approximate surface area is 112 Å². The highest BCUT2D eigenvalue weighted by molar-refractivity contribution is 9.10. The van der Waals surface area contributed by atoms with Crippen LogP contribution in [0.5, 0.6) is 0 Å². The van der Waals surface area contributed by atoms with Crippen LogP contribution < -0.4 is 5.32 Å². The Hall–Kier alpha value is -1.01. The zero-order chi connectivity index (χ0) is 13.3. The SMILES string of the molecule is C[C@H]1CNCCN1C(=O)c1c(F)cc(Br)cc1F. The summed E-state index contributed by atoms with van der Waals surface area (Å²) < 4.78 is 27.7. The molecular formula is C12H13BrF2N2O. The third-order valence-electron chi connectivity index (χ3n) is 2.98. The number of nitrogens with zero attached hydrogens (tertiary/aromatic N) is 1. The van der Waals surface area contributed by atoms with Crippen LogP contribution >= 0.6 is 15.9 Å². The van der Waals surface area contributed by atoms with E-state index in [9.17, 15) is 13.6 Å². The maximum absolute atomic E-state index is 13.7. The van der Waals surface area contributed by atoms with Gasteiger partial charge in [0.1, 0.15) is 17.2 Å². The van der Waals surface area contributed by atoms with Crippen LogP contribution in [0.4, 0.5) is 8.78 Å². The Morgan fingerprint density at radius 3 is 2.61 bits per heavy atom. The van der Waals surface area contributed by atoms with Crippen molar-refractivity contribution in [1.29, 1.82) is 0 Å². The van der Waals surface area contributed by atoms with E-state index in [0.29, 0.717) is 19.6 Å². The molecule has 1 amide bonds. The van der Waals surface area contributed by atoms with Crippen molar-refractivity contribution in [2.75, 3.05) is 19.6 Å². The summed E-state index contributed by atoms with van der Waals surface area (Å²) in [5, 5.41) is 3.12. The van der Waals surface area contributed by atoms with Gasteiger partial charge in [0.2, 0.25) is 0 Å². The second-order valence-electron chi connectivity index (χ2n) is 4.30. The minimum Gasteiger partial charge on any atom is -0.333 e. The first-order valence-corrected chi connectivity index (χ1v) is 6.46. The summed E-state index contributed by atoms with van der Waals surface area (Å²) in [5.41, 5.74) is -0.480. The second-order valence-corrected chi connectivity index (χ2v) is 5.21. The Balaban J connectivity index is 2.33. The third kappa shape index (κ3) is 2.54. The lowest BCUT2D eigenvalue weighted by atomic mass is 10.1. The van der Waals surface area contributed by atoms with E-state index in [1.807, 2.05) is 6.92 Å². The monoisotopic (exact) mass is 318 g/mol. The molecule has 1 atom stereocenters. The molecule has 1 aliphatic heterocycles. The van der Waals surface area contributed by atoms with Crippen LogP contribution in [-0.2, 0) is 0 Å². The predicted octanol–water partition coefficient (Wildman–Crippen LogP) is 2.16. The third-order valence-corrected chi connectivity index (χ3v) is 3.44. The molecule has 6 heteroatoms. The maximum Gasteiger partial charge on any atom is 0.260 e. The lowest BCUT2D eigenvalue weighted by molar-refractivity contribution is 0.0645. The van der Waals surface area contributed by atoms with Gasteiger partial charge in [-0.2, -0.15) is 0 Å². The Morgan fingerprint density at radius 1 is 1.44 bits per heavy atom. The van der Waals surface area contributed by atoms with Crippen LogP contribution in [0.25, 0.3) is 0 Å². The van der Waals surface area contributed by atoms with E-state index in [-0.39, 0.29) is 10.5 Å². The van der Waals surface area contributed by atoms with Crippen molar-refractivity contribution >= 4 is 21.8 Å². The van der Waals surface area contributed by atoms with Gasteiger partial charge in [-0.1, -0.05) is 15.9 Å². The first-order valence-electron chi connectivity index (χ1n) is 5.67. The minimum absolute atomic E-state index is 0.0753. The van der Waals surface area contributed by atoms with Crippen LogP contribution in [0, 0.1) is 11.6 Å². The van der Waals surface area contributed by atoms with Crippen LogP contribution in [-0.4, -0.2) is 36.5 Å². The van der Waals surface area contributed by atoms with Gasteiger partial charge in [-0.15, -0.1) is 0 Å². The summed E-state index contributed by atoms with van der Waals surface area (Å²) in [7, 11) is 0. The molecule has 2 rings (SSSR count). The summed E-state index contributed by atoms with van der Waals surface area (Å²) in [6, 6.07) is 2.13. The van der Waals surface area contributed by atoms with Crippen molar-refractivity contribution in [3.05, 3.63) is 33.8 Å². The van der Waals surface area contributed by atoms with Crippen LogP contribution in [0.3, 0.4) is 0 Å². The fraction of sp³-hybridized carbons (Fsp3) is 0.417. The summed E-state index contributed by atoms with van der Waals surface area (Å²) in [6.45, 7) is 3.56. The highest BCUT2D eigenvalue weighted by atomic mass is 79.9. The highest BCUT2D eigenvalue weighted by Gasteiger charge is 2.28. The minimum atomic E-state index is -0.836. The van der Waals surface area contributed by atoms with Gasteiger partial charge in [0.25, 0.3) is 5.91 Å². The molecule has 3 nitrogen and oxygen atoms in total. The number of piperazine rings is 1. The normalized spacial score (nSPS) is 20.0. The number of halogens is 3. The maximum atomic E-state index is 13.7. The van der Waals surface area contributed by atoms with E-state index in [0.717, 1.165) is 12.1 Å². The van der Waals surface area contributed by atoms with Gasteiger partial charge in [0, 0.05) is 30.1 Å². The molecule has 1 fully saturated rings. The van der Waals surface area contributed by atoms with Crippen molar-refractivity contribution in [3.8, 4) is 0 Å². The van der Waals surface area contributed by atoms with Crippen molar-refractivity contribution < 1.29 is 13.6 Å². The van der Waals surface area contributed by atoms with Gasteiger partial charge in [0.15, 0.2) is 0 Å². The largest absolute Gasteiger partial charge is 0.333 e. The molecule has 0 bridgehead atoms. The summed E-state index contributed by atoms with van der Waals surface area (Å²) in [6.07, 6.45) is 0. The molecule has 0 saturated carbocycles. The fourth-order valence-electron chi connectivity index (χ4n) is 2.03. The van der Waals surface area contributed by atoms with Gasteiger partial charge >= 0.3 is 0 Å². The first kappa shape index (κ1) is 13.4. The lowest BCUT2D eigenvalue weighted by Gasteiger charge is -2.34. The van der Waals surface area contributed by atoms with Gasteiger partial charge in [-0.25, -0.2) is 8.78 Å². The molecule has 1 aromatic rings. The van der Waals surface area contributed by atoms with E-state index in [1.54, 1.807) is 0 Å². The van der Waals surface area contributed by atoms with Gasteiger partial charge in [-0.05, 0) is 19.1 Å². The standard InChI is InChI=1S/C12H13BrF2N2O/c1-7-6-16-2-3-17(7)12(18)11-9(14)4-8(13)5-10(11)15/h4-5,7,16H,2-3,6H2,1H3/t7-/m0/s1. The number of hydrogen-bond donors (Lipinski definition) is 1. The molecule has 0 radical (unpaired) electrons. The van der Waals surface area contributed by atoms with Gasteiger partial charge < -0.3 is 10.2 Å². The molecule has 18 heavy (non-hydrogen) atoms. The second kappa shape index (κ2) is 5.32. The average molecular weight is 319 g/mol. The highest BCUT2D eigenvalue weighted by Crippen LogP contribution is 2.22.